The zero-order valence-electron chi connectivity index (χ0n) is 10.8. The van der Waals surface area contributed by atoms with E-state index in [9.17, 15) is 0 Å². The van der Waals surface area contributed by atoms with Crippen molar-refractivity contribution in [2.24, 2.45) is 5.92 Å². The molecule has 1 aromatic carbocycles. The second-order valence-corrected chi connectivity index (χ2v) is 5.98. The quantitative estimate of drug-likeness (QED) is 0.920. The summed E-state index contributed by atoms with van der Waals surface area (Å²) in [6, 6.07) is 6.33. The maximum Gasteiger partial charge on any atom is 0.183 e. The van der Waals surface area contributed by atoms with Gasteiger partial charge in [-0.1, -0.05) is 23.5 Å². The van der Waals surface area contributed by atoms with Crippen LogP contribution in [0.2, 0.25) is 0 Å². The van der Waals surface area contributed by atoms with Gasteiger partial charge in [0, 0.05) is 19.1 Å². The number of fused-ring (bicyclic) bond motifs is 1. The molecule has 1 saturated heterocycles. The molecule has 2 aromatic rings. The van der Waals surface area contributed by atoms with Gasteiger partial charge in [0.25, 0.3) is 0 Å². The number of hydrogen-bond acceptors (Lipinski definition) is 4. The van der Waals surface area contributed by atoms with Gasteiger partial charge >= 0.3 is 0 Å². The van der Waals surface area contributed by atoms with Crippen LogP contribution >= 0.6 is 11.3 Å². The predicted octanol–water partition coefficient (Wildman–Crippen LogP) is 3.44. The third-order valence-corrected chi connectivity index (χ3v) is 4.65. The first-order valence-corrected chi connectivity index (χ1v) is 7.27. The molecule has 0 saturated carbocycles. The Balaban J connectivity index is 1.73. The molecule has 2 atom stereocenters. The highest BCUT2D eigenvalue weighted by atomic mass is 32.1. The van der Waals surface area contributed by atoms with Crippen molar-refractivity contribution >= 4 is 26.7 Å². The lowest BCUT2D eigenvalue weighted by molar-refractivity contribution is 0.108. The molecule has 96 valence electrons. The van der Waals surface area contributed by atoms with Gasteiger partial charge < -0.3 is 10.1 Å². The van der Waals surface area contributed by atoms with E-state index in [1.165, 1.54) is 10.3 Å². The van der Waals surface area contributed by atoms with E-state index in [4.69, 9.17) is 4.74 Å². The summed E-state index contributed by atoms with van der Waals surface area (Å²) in [5.41, 5.74) is 2.37. The van der Waals surface area contributed by atoms with Crippen molar-refractivity contribution in [3.05, 3.63) is 23.8 Å². The normalized spacial score (nSPS) is 23.7. The Hall–Kier alpha value is -1.13. The van der Waals surface area contributed by atoms with Crippen molar-refractivity contribution in [2.75, 3.05) is 18.5 Å². The van der Waals surface area contributed by atoms with Crippen LogP contribution in [0.3, 0.4) is 0 Å². The number of anilines is 1. The average molecular weight is 262 g/mol. The highest BCUT2D eigenvalue weighted by molar-refractivity contribution is 7.22. The van der Waals surface area contributed by atoms with Gasteiger partial charge in [0.15, 0.2) is 5.13 Å². The molecule has 0 aliphatic carbocycles. The molecular formula is C14H18N2OS. The minimum atomic E-state index is 0.369. The molecule has 0 radical (unpaired) electrons. The molecule has 3 rings (SSSR count). The van der Waals surface area contributed by atoms with E-state index in [0.29, 0.717) is 12.0 Å². The van der Waals surface area contributed by atoms with Crippen LogP contribution in [0.4, 0.5) is 5.13 Å². The Morgan fingerprint density at radius 3 is 3.11 bits per heavy atom. The summed E-state index contributed by atoms with van der Waals surface area (Å²) in [5.74, 6) is 0.609. The van der Waals surface area contributed by atoms with Crippen molar-refractivity contribution in [2.45, 2.75) is 26.4 Å². The van der Waals surface area contributed by atoms with Gasteiger partial charge in [0.1, 0.15) is 0 Å². The molecule has 4 heteroatoms. The van der Waals surface area contributed by atoms with Crippen LogP contribution < -0.4 is 5.32 Å². The Bertz CT molecular complexity index is 552. The standard InChI is InChI=1S/C14H18N2OS/c1-9-4-3-5-12-13(9)16-14(18-12)15-8-11-6-7-17-10(11)2/h3-5,10-11H,6-8H2,1-2H3,(H,15,16). The topological polar surface area (TPSA) is 34.1 Å². The number of rotatable bonds is 3. The summed E-state index contributed by atoms with van der Waals surface area (Å²) >= 11 is 1.73. The molecule has 1 aliphatic rings. The minimum Gasteiger partial charge on any atom is -0.378 e. The fourth-order valence-electron chi connectivity index (χ4n) is 2.42. The van der Waals surface area contributed by atoms with Gasteiger partial charge in [0.2, 0.25) is 0 Å². The lowest BCUT2D eigenvalue weighted by Gasteiger charge is -2.13. The first-order chi connectivity index (χ1) is 8.74. The van der Waals surface area contributed by atoms with Gasteiger partial charge in [-0.2, -0.15) is 0 Å². The largest absolute Gasteiger partial charge is 0.378 e. The zero-order valence-corrected chi connectivity index (χ0v) is 11.6. The summed E-state index contributed by atoms with van der Waals surface area (Å²) < 4.78 is 6.83. The van der Waals surface area contributed by atoms with Crippen LogP contribution in [0.15, 0.2) is 18.2 Å². The van der Waals surface area contributed by atoms with E-state index in [1.54, 1.807) is 11.3 Å². The van der Waals surface area contributed by atoms with Gasteiger partial charge in [0.05, 0.1) is 16.3 Å². The summed E-state index contributed by atoms with van der Waals surface area (Å²) in [4.78, 5) is 4.66. The van der Waals surface area contributed by atoms with Crippen molar-refractivity contribution < 1.29 is 4.74 Å². The van der Waals surface area contributed by atoms with Crippen molar-refractivity contribution in [3.63, 3.8) is 0 Å². The highest BCUT2D eigenvalue weighted by Gasteiger charge is 2.24. The Morgan fingerprint density at radius 2 is 2.39 bits per heavy atom. The Kier molecular flexibility index (Phi) is 3.22. The van der Waals surface area contributed by atoms with Crippen LogP contribution in [0, 0.1) is 12.8 Å². The van der Waals surface area contributed by atoms with Crippen molar-refractivity contribution in [1.29, 1.82) is 0 Å². The van der Waals surface area contributed by atoms with Crippen LogP contribution in [0.1, 0.15) is 18.9 Å². The van der Waals surface area contributed by atoms with E-state index in [1.807, 2.05) is 0 Å². The van der Waals surface area contributed by atoms with E-state index in [-0.39, 0.29) is 0 Å². The first-order valence-electron chi connectivity index (χ1n) is 6.45. The predicted molar refractivity (Wildman–Crippen MR) is 76.4 cm³/mol. The number of hydrogen-bond donors (Lipinski definition) is 1. The van der Waals surface area contributed by atoms with Gasteiger partial charge in [-0.15, -0.1) is 0 Å². The fourth-order valence-corrected chi connectivity index (χ4v) is 3.37. The smallest absolute Gasteiger partial charge is 0.183 e. The second-order valence-electron chi connectivity index (χ2n) is 4.95. The first kappa shape index (κ1) is 11.9. The monoisotopic (exact) mass is 262 g/mol. The van der Waals surface area contributed by atoms with Gasteiger partial charge in [-0.3, -0.25) is 0 Å². The van der Waals surface area contributed by atoms with E-state index >= 15 is 0 Å². The number of ether oxygens (including phenoxy) is 1. The molecule has 1 aliphatic heterocycles. The van der Waals surface area contributed by atoms with Crippen LogP contribution in [0.5, 0.6) is 0 Å². The summed E-state index contributed by atoms with van der Waals surface area (Å²) in [7, 11) is 0. The maximum absolute atomic E-state index is 5.57. The summed E-state index contributed by atoms with van der Waals surface area (Å²) in [5, 5.41) is 4.49. The highest BCUT2D eigenvalue weighted by Crippen LogP contribution is 2.29. The molecule has 2 heterocycles. The molecule has 18 heavy (non-hydrogen) atoms. The van der Waals surface area contributed by atoms with E-state index < -0.39 is 0 Å². The number of benzene rings is 1. The van der Waals surface area contributed by atoms with Crippen molar-refractivity contribution in [1.82, 2.24) is 4.98 Å². The maximum atomic E-state index is 5.57. The third kappa shape index (κ3) is 2.22. The molecule has 0 spiro atoms. The molecular weight excluding hydrogens is 244 g/mol. The third-order valence-electron chi connectivity index (χ3n) is 3.67. The number of aromatic nitrogens is 1. The molecule has 1 N–H and O–H groups in total. The second kappa shape index (κ2) is 4.86. The number of aryl methyl sites for hydroxylation is 1. The molecule has 1 aromatic heterocycles. The van der Waals surface area contributed by atoms with Crippen molar-refractivity contribution in [3.8, 4) is 0 Å². The molecule has 0 amide bonds. The SMILES string of the molecule is Cc1cccc2sc(NCC3CCOC3C)nc12. The van der Waals surface area contributed by atoms with Gasteiger partial charge in [-0.05, 0) is 31.9 Å². The van der Waals surface area contributed by atoms with Crippen LogP contribution in [0.25, 0.3) is 10.2 Å². The van der Waals surface area contributed by atoms with E-state index in [2.05, 4.69) is 42.3 Å². The molecule has 3 nitrogen and oxygen atoms in total. The average Bonchev–Trinajstić information content (AvgIpc) is 2.93. The van der Waals surface area contributed by atoms with Crippen LogP contribution in [-0.4, -0.2) is 24.2 Å². The van der Waals surface area contributed by atoms with E-state index in [0.717, 1.165) is 30.2 Å². The Labute approximate surface area is 111 Å². The summed E-state index contributed by atoms with van der Waals surface area (Å²) in [6.07, 6.45) is 1.52. The van der Waals surface area contributed by atoms with Gasteiger partial charge in [-0.25, -0.2) is 4.98 Å². The Morgan fingerprint density at radius 1 is 1.50 bits per heavy atom. The lowest BCUT2D eigenvalue weighted by atomic mass is 10.0. The number of nitrogens with zero attached hydrogens (tertiary/aromatic N) is 1. The summed E-state index contributed by atoms with van der Waals surface area (Å²) in [6.45, 7) is 6.12. The lowest BCUT2D eigenvalue weighted by Crippen LogP contribution is -2.20. The molecule has 0 bridgehead atoms. The number of thiazole rings is 1. The minimum absolute atomic E-state index is 0.369. The van der Waals surface area contributed by atoms with Crippen LogP contribution in [-0.2, 0) is 4.74 Å². The zero-order chi connectivity index (χ0) is 12.5. The number of nitrogens with one attached hydrogen (secondary N) is 1. The number of para-hydroxylation sites is 1. The fraction of sp³-hybridized carbons (Fsp3) is 0.500. The molecule has 2 unspecified atom stereocenters. The molecule has 1 fully saturated rings.